The first kappa shape index (κ1) is 22.8. The Labute approximate surface area is 205 Å². The van der Waals surface area contributed by atoms with Gasteiger partial charge in [-0.25, -0.2) is 4.99 Å². The summed E-state index contributed by atoms with van der Waals surface area (Å²) in [7, 11) is 1.88. The Morgan fingerprint density at radius 2 is 1.86 bits per heavy atom. The number of carbonyl (C=O) groups excluding carboxylic acids is 1. The lowest BCUT2D eigenvalue weighted by Gasteiger charge is -2.23. The average Bonchev–Trinajstić information content (AvgIpc) is 3.45. The van der Waals surface area contributed by atoms with Gasteiger partial charge in [0.2, 0.25) is 0 Å². The van der Waals surface area contributed by atoms with E-state index in [1.165, 1.54) is 11.3 Å². The molecule has 1 atom stereocenters. The molecule has 8 nitrogen and oxygen atoms in total. The second kappa shape index (κ2) is 8.66. The number of thiazole rings is 1. The van der Waals surface area contributed by atoms with E-state index in [9.17, 15) is 9.59 Å². The summed E-state index contributed by atoms with van der Waals surface area (Å²) in [5.41, 5.74) is 4.05. The molecule has 9 heteroatoms. The van der Waals surface area contributed by atoms with Crippen LogP contribution in [0.3, 0.4) is 0 Å². The fourth-order valence-electron chi connectivity index (χ4n) is 4.33. The molecule has 1 aliphatic rings. The van der Waals surface area contributed by atoms with Crippen molar-refractivity contribution in [1.82, 2.24) is 14.3 Å². The smallest absolute Gasteiger partial charge is 0.271 e. The van der Waals surface area contributed by atoms with Crippen LogP contribution in [0, 0.1) is 20.8 Å². The molecule has 0 saturated carbocycles. The van der Waals surface area contributed by atoms with Gasteiger partial charge in [-0.1, -0.05) is 29.5 Å². The summed E-state index contributed by atoms with van der Waals surface area (Å²) >= 11 is 1.29. The Morgan fingerprint density at radius 3 is 2.49 bits per heavy atom. The van der Waals surface area contributed by atoms with Crippen molar-refractivity contribution in [3.05, 3.63) is 102 Å². The molecule has 4 heterocycles. The largest absolute Gasteiger partial charge is 0.464 e. The number of anilines is 1. The molecule has 0 fully saturated rings. The first-order chi connectivity index (χ1) is 16.7. The minimum absolute atomic E-state index is 0.229. The van der Waals surface area contributed by atoms with Crippen molar-refractivity contribution in [2.24, 2.45) is 12.0 Å². The lowest BCUT2D eigenvalue weighted by molar-refractivity contribution is -0.113. The van der Waals surface area contributed by atoms with Crippen LogP contribution in [0.5, 0.6) is 0 Å². The van der Waals surface area contributed by atoms with E-state index >= 15 is 0 Å². The number of nitrogens with zero attached hydrogens (tertiary/aromatic N) is 4. The molecule has 4 aromatic rings. The standard InChI is InChI=1S/C26H25N5O3S/c1-14-11-12-20(34-14)23-22(24(32)28-18-9-7-6-8-10-18)16(3)27-26-31(23)25(33)21(35-26)13-19-15(2)29-30(5)17(19)4/h6-13,23H,1-5H3,(H,28,32)/t23-/m0/s1. The first-order valence-electron chi connectivity index (χ1n) is 11.2. The Bertz CT molecular complexity index is 1670. The molecule has 1 aromatic carbocycles. The molecule has 1 N–H and O–H groups in total. The van der Waals surface area contributed by atoms with Gasteiger partial charge in [-0.2, -0.15) is 5.10 Å². The van der Waals surface area contributed by atoms with Crippen LogP contribution in [0.15, 0.2) is 67.9 Å². The Balaban J connectivity index is 1.69. The van der Waals surface area contributed by atoms with Gasteiger partial charge < -0.3 is 9.73 Å². The minimum atomic E-state index is -0.734. The Kier molecular flexibility index (Phi) is 5.64. The summed E-state index contributed by atoms with van der Waals surface area (Å²) in [6, 6.07) is 12.1. The molecule has 5 rings (SSSR count). The zero-order valence-electron chi connectivity index (χ0n) is 20.1. The maximum absolute atomic E-state index is 13.7. The van der Waals surface area contributed by atoms with E-state index in [0.717, 1.165) is 17.0 Å². The third kappa shape index (κ3) is 3.97. The number of hydrogen-bond acceptors (Lipinski definition) is 6. The number of fused-ring (bicyclic) bond motifs is 1. The van der Waals surface area contributed by atoms with Crippen molar-refractivity contribution in [3.8, 4) is 0 Å². The molecule has 3 aromatic heterocycles. The number of aryl methyl sites for hydroxylation is 3. The third-order valence-electron chi connectivity index (χ3n) is 6.17. The fourth-order valence-corrected chi connectivity index (χ4v) is 5.36. The number of amides is 1. The maximum atomic E-state index is 13.7. The second-order valence-electron chi connectivity index (χ2n) is 8.56. The summed E-state index contributed by atoms with van der Waals surface area (Å²) in [5.74, 6) is 0.877. The van der Waals surface area contributed by atoms with Crippen molar-refractivity contribution in [2.45, 2.75) is 33.7 Å². The molecule has 178 valence electrons. The van der Waals surface area contributed by atoms with Gasteiger partial charge in [0.15, 0.2) is 4.80 Å². The average molecular weight is 488 g/mol. The van der Waals surface area contributed by atoms with E-state index in [0.29, 0.717) is 37.8 Å². The number of benzene rings is 1. The summed E-state index contributed by atoms with van der Waals surface area (Å²) < 4.78 is 9.82. The molecule has 1 amide bonds. The number of nitrogens with one attached hydrogen (secondary N) is 1. The van der Waals surface area contributed by atoms with E-state index in [1.807, 2.05) is 70.3 Å². The highest BCUT2D eigenvalue weighted by Gasteiger charge is 2.34. The zero-order chi connectivity index (χ0) is 24.9. The SMILES string of the molecule is CC1=C(C(=O)Nc2ccccc2)[C@H](c2ccc(C)o2)n2c(sc(=Cc3c(C)nn(C)c3C)c2=O)=N1. The third-order valence-corrected chi connectivity index (χ3v) is 7.15. The highest BCUT2D eigenvalue weighted by atomic mass is 32.1. The number of rotatable bonds is 4. The molecule has 0 aliphatic carbocycles. The van der Waals surface area contributed by atoms with Gasteiger partial charge in [-0.3, -0.25) is 18.8 Å². The number of hydrogen-bond donors (Lipinski definition) is 1. The van der Waals surface area contributed by atoms with Gasteiger partial charge in [0.05, 0.1) is 21.5 Å². The molecular formula is C26H25N5O3S. The lowest BCUT2D eigenvalue weighted by Crippen LogP contribution is -2.40. The first-order valence-corrected chi connectivity index (χ1v) is 12.0. The Hall–Kier alpha value is -3.98. The molecule has 0 radical (unpaired) electrons. The van der Waals surface area contributed by atoms with E-state index in [2.05, 4.69) is 15.4 Å². The predicted octanol–water partition coefficient (Wildman–Crippen LogP) is 3.13. The van der Waals surface area contributed by atoms with Gasteiger partial charge in [-0.15, -0.1) is 0 Å². The number of para-hydroxylation sites is 1. The predicted molar refractivity (Wildman–Crippen MR) is 135 cm³/mol. The van der Waals surface area contributed by atoms with Gasteiger partial charge in [0, 0.05) is 24.0 Å². The van der Waals surface area contributed by atoms with Gasteiger partial charge in [-0.05, 0) is 58.0 Å². The van der Waals surface area contributed by atoms with E-state index in [-0.39, 0.29) is 11.5 Å². The highest BCUT2D eigenvalue weighted by molar-refractivity contribution is 7.07. The summed E-state index contributed by atoms with van der Waals surface area (Å²) in [6.45, 7) is 7.50. The number of carbonyl (C=O) groups is 1. The molecule has 1 aliphatic heterocycles. The highest BCUT2D eigenvalue weighted by Crippen LogP contribution is 2.31. The van der Waals surface area contributed by atoms with Crippen LogP contribution in [0.4, 0.5) is 5.69 Å². The van der Waals surface area contributed by atoms with Crippen LogP contribution in [-0.2, 0) is 11.8 Å². The normalized spacial score (nSPS) is 15.8. The van der Waals surface area contributed by atoms with Crippen LogP contribution in [0.2, 0.25) is 0 Å². The van der Waals surface area contributed by atoms with E-state index in [1.54, 1.807) is 22.2 Å². The Morgan fingerprint density at radius 1 is 1.11 bits per heavy atom. The number of allylic oxidation sites excluding steroid dienone is 1. The lowest BCUT2D eigenvalue weighted by atomic mass is 10.00. The summed E-state index contributed by atoms with van der Waals surface area (Å²) in [5, 5.41) is 7.39. The van der Waals surface area contributed by atoms with Crippen molar-refractivity contribution < 1.29 is 9.21 Å². The monoisotopic (exact) mass is 487 g/mol. The van der Waals surface area contributed by atoms with Gasteiger partial charge >= 0.3 is 0 Å². The number of aromatic nitrogens is 3. The van der Waals surface area contributed by atoms with Crippen molar-refractivity contribution in [3.63, 3.8) is 0 Å². The molecular weight excluding hydrogens is 462 g/mol. The van der Waals surface area contributed by atoms with Gasteiger partial charge in [0.25, 0.3) is 11.5 Å². The van der Waals surface area contributed by atoms with Crippen LogP contribution in [-0.4, -0.2) is 20.3 Å². The van der Waals surface area contributed by atoms with Crippen molar-refractivity contribution in [2.75, 3.05) is 5.32 Å². The van der Waals surface area contributed by atoms with E-state index in [4.69, 9.17) is 4.42 Å². The van der Waals surface area contributed by atoms with Crippen LogP contribution in [0.1, 0.15) is 41.4 Å². The zero-order valence-corrected chi connectivity index (χ0v) is 20.9. The molecule has 0 spiro atoms. The topological polar surface area (TPSA) is 94.4 Å². The van der Waals surface area contributed by atoms with E-state index < -0.39 is 6.04 Å². The molecule has 35 heavy (non-hydrogen) atoms. The maximum Gasteiger partial charge on any atom is 0.271 e. The summed E-state index contributed by atoms with van der Waals surface area (Å²) in [6.07, 6.45) is 1.86. The number of furan rings is 1. The fraction of sp³-hybridized carbons (Fsp3) is 0.231. The van der Waals surface area contributed by atoms with Crippen molar-refractivity contribution >= 4 is 29.0 Å². The van der Waals surface area contributed by atoms with Crippen LogP contribution >= 0.6 is 11.3 Å². The van der Waals surface area contributed by atoms with Crippen LogP contribution < -0.4 is 20.2 Å². The van der Waals surface area contributed by atoms with Crippen LogP contribution in [0.25, 0.3) is 6.08 Å². The van der Waals surface area contributed by atoms with Gasteiger partial charge in [0.1, 0.15) is 17.6 Å². The summed E-state index contributed by atoms with van der Waals surface area (Å²) in [4.78, 5) is 32.4. The molecule has 0 unspecified atom stereocenters. The molecule has 0 saturated heterocycles. The van der Waals surface area contributed by atoms with Crippen molar-refractivity contribution in [1.29, 1.82) is 0 Å². The molecule has 0 bridgehead atoms. The minimum Gasteiger partial charge on any atom is -0.464 e. The second-order valence-corrected chi connectivity index (χ2v) is 9.57. The quantitative estimate of drug-likeness (QED) is 0.479.